The van der Waals surface area contributed by atoms with Crippen LogP contribution < -0.4 is 10.1 Å². The third-order valence-corrected chi connectivity index (χ3v) is 3.19. The molecule has 17 heavy (non-hydrogen) atoms. The van der Waals surface area contributed by atoms with Gasteiger partial charge in [0.25, 0.3) is 0 Å². The minimum Gasteiger partial charge on any atom is -0.497 e. The Kier molecular flexibility index (Phi) is 3.67. The predicted octanol–water partition coefficient (Wildman–Crippen LogP) is 2.67. The van der Waals surface area contributed by atoms with Gasteiger partial charge in [0.1, 0.15) is 5.75 Å². The molecule has 1 saturated carbocycles. The highest BCUT2D eigenvalue weighted by molar-refractivity contribution is 5.81. The Balaban J connectivity index is 2.02. The van der Waals surface area contributed by atoms with Gasteiger partial charge < -0.3 is 10.1 Å². The second kappa shape index (κ2) is 5.21. The Labute approximate surface area is 102 Å². The normalized spacial score (nSPS) is 16.4. The average molecular weight is 233 g/mol. The van der Waals surface area contributed by atoms with Crippen LogP contribution in [0, 0.1) is 5.92 Å². The van der Waals surface area contributed by atoms with Crippen molar-refractivity contribution in [2.45, 2.75) is 32.2 Å². The molecule has 92 valence electrons. The summed E-state index contributed by atoms with van der Waals surface area (Å²) in [6.07, 6.45) is 3.00. The topological polar surface area (TPSA) is 38.3 Å². The van der Waals surface area contributed by atoms with Crippen LogP contribution in [-0.4, -0.2) is 13.0 Å². The number of carbonyl (C=O) groups is 1. The van der Waals surface area contributed by atoms with Crippen LogP contribution in [0.2, 0.25) is 0 Å². The SMILES string of the molecule is CCC(NC(=O)C1CC1)c1ccc(OC)cc1. The van der Waals surface area contributed by atoms with Gasteiger partial charge in [-0.25, -0.2) is 0 Å². The van der Waals surface area contributed by atoms with Gasteiger partial charge in [-0.3, -0.25) is 4.79 Å². The lowest BCUT2D eigenvalue weighted by atomic mass is 10.0. The molecule has 3 nitrogen and oxygen atoms in total. The molecule has 0 radical (unpaired) electrons. The Bertz CT molecular complexity index is 382. The number of rotatable bonds is 5. The second-order valence-corrected chi connectivity index (χ2v) is 4.52. The Morgan fingerprint density at radius 1 is 1.41 bits per heavy atom. The number of amides is 1. The summed E-state index contributed by atoms with van der Waals surface area (Å²) in [6.45, 7) is 2.09. The van der Waals surface area contributed by atoms with Gasteiger partial charge in [0.2, 0.25) is 5.91 Å². The molecule has 1 N–H and O–H groups in total. The molecule has 0 spiro atoms. The molecule has 1 unspecified atom stereocenters. The van der Waals surface area contributed by atoms with E-state index >= 15 is 0 Å². The number of ether oxygens (including phenoxy) is 1. The fourth-order valence-electron chi connectivity index (χ4n) is 1.89. The molecule has 0 saturated heterocycles. The summed E-state index contributed by atoms with van der Waals surface area (Å²) in [6, 6.07) is 8.01. The zero-order chi connectivity index (χ0) is 12.3. The summed E-state index contributed by atoms with van der Waals surface area (Å²) in [5.41, 5.74) is 1.14. The molecular weight excluding hydrogens is 214 g/mol. The van der Waals surface area contributed by atoms with Crippen LogP contribution in [0.3, 0.4) is 0 Å². The first-order valence-corrected chi connectivity index (χ1v) is 6.19. The largest absolute Gasteiger partial charge is 0.497 e. The number of hydrogen-bond acceptors (Lipinski definition) is 2. The molecule has 0 heterocycles. The van der Waals surface area contributed by atoms with Crippen LogP contribution in [0.25, 0.3) is 0 Å². The summed E-state index contributed by atoms with van der Waals surface area (Å²) >= 11 is 0. The van der Waals surface area contributed by atoms with Crippen LogP contribution in [0.5, 0.6) is 5.75 Å². The first-order chi connectivity index (χ1) is 8.24. The van der Waals surface area contributed by atoms with Crippen LogP contribution in [-0.2, 0) is 4.79 Å². The maximum Gasteiger partial charge on any atom is 0.223 e. The van der Waals surface area contributed by atoms with Gasteiger partial charge in [-0.15, -0.1) is 0 Å². The maximum atomic E-state index is 11.7. The number of methoxy groups -OCH3 is 1. The molecule has 1 aromatic rings. The Morgan fingerprint density at radius 3 is 2.53 bits per heavy atom. The lowest BCUT2D eigenvalue weighted by Gasteiger charge is -2.17. The molecule has 0 aliphatic heterocycles. The summed E-state index contributed by atoms with van der Waals surface area (Å²) in [4.78, 5) is 11.7. The monoisotopic (exact) mass is 233 g/mol. The van der Waals surface area contributed by atoms with Crippen molar-refractivity contribution >= 4 is 5.91 Å². The van der Waals surface area contributed by atoms with Gasteiger partial charge >= 0.3 is 0 Å². The van der Waals surface area contributed by atoms with Gasteiger partial charge in [0.05, 0.1) is 13.2 Å². The van der Waals surface area contributed by atoms with Crippen molar-refractivity contribution in [2.75, 3.05) is 7.11 Å². The lowest BCUT2D eigenvalue weighted by Crippen LogP contribution is -2.29. The number of hydrogen-bond donors (Lipinski definition) is 1. The molecule has 1 amide bonds. The molecule has 2 rings (SSSR count). The number of benzene rings is 1. The van der Waals surface area contributed by atoms with Crippen LogP contribution in [0.1, 0.15) is 37.8 Å². The van der Waals surface area contributed by atoms with Crippen LogP contribution in [0.15, 0.2) is 24.3 Å². The lowest BCUT2D eigenvalue weighted by molar-refractivity contribution is -0.123. The smallest absolute Gasteiger partial charge is 0.223 e. The highest BCUT2D eigenvalue weighted by Crippen LogP contribution is 2.30. The molecule has 0 aromatic heterocycles. The van der Waals surface area contributed by atoms with E-state index in [1.165, 1.54) is 0 Å². The van der Waals surface area contributed by atoms with E-state index in [0.29, 0.717) is 0 Å². The number of nitrogens with one attached hydrogen (secondary N) is 1. The minimum atomic E-state index is 0.119. The molecule has 1 aliphatic carbocycles. The third-order valence-electron chi connectivity index (χ3n) is 3.19. The Hall–Kier alpha value is -1.51. The van der Waals surface area contributed by atoms with Crippen molar-refractivity contribution in [3.05, 3.63) is 29.8 Å². The highest BCUT2D eigenvalue weighted by atomic mass is 16.5. The van der Waals surface area contributed by atoms with Crippen molar-refractivity contribution < 1.29 is 9.53 Å². The number of carbonyl (C=O) groups excluding carboxylic acids is 1. The van der Waals surface area contributed by atoms with Crippen molar-refractivity contribution in [2.24, 2.45) is 5.92 Å². The van der Waals surface area contributed by atoms with Gasteiger partial charge in [0.15, 0.2) is 0 Å². The van der Waals surface area contributed by atoms with Crippen molar-refractivity contribution in [1.82, 2.24) is 5.32 Å². The second-order valence-electron chi connectivity index (χ2n) is 4.52. The summed E-state index contributed by atoms with van der Waals surface area (Å²) in [5, 5.41) is 3.10. The molecule has 1 aromatic carbocycles. The summed E-state index contributed by atoms with van der Waals surface area (Å²) in [7, 11) is 1.65. The fraction of sp³-hybridized carbons (Fsp3) is 0.500. The quantitative estimate of drug-likeness (QED) is 0.849. The molecule has 1 atom stereocenters. The van der Waals surface area contributed by atoms with E-state index in [2.05, 4.69) is 12.2 Å². The summed E-state index contributed by atoms with van der Waals surface area (Å²) < 4.78 is 5.12. The first-order valence-electron chi connectivity index (χ1n) is 6.19. The molecule has 3 heteroatoms. The average Bonchev–Trinajstić information content (AvgIpc) is 3.20. The van der Waals surface area contributed by atoms with E-state index in [4.69, 9.17) is 4.74 Å². The van der Waals surface area contributed by atoms with Gasteiger partial charge in [-0.1, -0.05) is 19.1 Å². The third kappa shape index (κ3) is 2.99. The van der Waals surface area contributed by atoms with E-state index < -0.39 is 0 Å². The van der Waals surface area contributed by atoms with E-state index in [0.717, 1.165) is 30.6 Å². The first kappa shape index (κ1) is 12.0. The van der Waals surface area contributed by atoms with Gasteiger partial charge in [-0.05, 0) is 37.0 Å². The molecule has 1 aliphatic rings. The van der Waals surface area contributed by atoms with E-state index in [1.54, 1.807) is 7.11 Å². The van der Waals surface area contributed by atoms with E-state index in [-0.39, 0.29) is 17.9 Å². The highest BCUT2D eigenvalue weighted by Gasteiger charge is 2.30. The van der Waals surface area contributed by atoms with Crippen molar-refractivity contribution in [3.63, 3.8) is 0 Å². The predicted molar refractivity (Wildman–Crippen MR) is 66.9 cm³/mol. The Morgan fingerprint density at radius 2 is 2.06 bits per heavy atom. The molecular formula is C14H19NO2. The van der Waals surface area contributed by atoms with Crippen LogP contribution in [0.4, 0.5) is 0 Å². The van der Waals surface area contributed by atoms with E-state index in [9.17, 15) is 4.79 Å². The standard InChI is InChI=1S/C14H19NO2/c1-3-13(15-14(16)11-4-5-11)10-6-8-12(17-2)9-7-10/h6-9,11,13H,3-5H2,1-2H3,(H,15,16). The zero-order valence-electron chi connectivity index (χ0n) is 10.4. The van der Waals surface area contributed by atoms with Crippen molar-refractivity contribution in [1.29, 1.82) is 0 Å². The van der Waals surface area contributed by atoms with Crippen LogP contribution >= 0.6 is 0 Å². The van der Waals surface area contributed by atoms with Gasteiger partial charge in [-0.2, -0.15) is 0 Å². The summed E-state index contributed by atoms with van der Waals surface area (Å²) in [5.74, 6) is 1.31. The van der Waals surface area contributed by atoms with Gasteiger partial charge in [0, 0.05) is 5.92 Å². The van der Waals surface area contributed by atoms with Crippen molar-refractivity contribution in [3.8, 4) is 5.75 Å². The minimum absolute atomic E-state index is 0.119. The maximum absolute atomic E-state index is 11.7. The fourth-order valence-corrected chi connectivity index (χ4v) is 1.89. The van der Waals surface area contributed by atoms with E-state index in [1.807, 2.05) is 24.3 Å². The molecule has 1 fully saturated rings. The molecule has 0 bridgehead atoms. The zero-order valence-corrected chi connectivity index (χ0v) is 10.4.